The third-order valence-electron chi connectivity index (χ3n) is 5.66. The molecule has 0 aliphatic carbocycles. The third-order valence-corrected chi connectivity index (χ3v) is 6.81. The van der Waals surface area contributed by atoms with E-state index in [2.05, 4.69) is 30.7 Å². The van der Waals surface area contributed by atoms with Gasteiger partial charge in [-0.05, 0) is 56.2 Å². The first-order valence-corrected chi connectivity index (χ1v) is 12.5. The molecule has 1 amide bonds. The maximum Gasteiger partial charge on any atom is 0.289 e. The van der Waals surface area contributed by atoms with Crippen molar-refractivity contribution in [1.29, 1.82) is 0 Å². The summed E-state index contributed by atoms with van der Waals surface area (Å²) in [5.74, 6) is 1.01. The van der Waals surface area contributed by atoms with Crippen molar-refractivity contribution in [2.45, 2.75) is 33.9 Å². The van der Waals surface area contributed by atoms with Crippen molar-refractivity contribution in [3.05, 3.63) is 86.4 Å². The average Bonchev–Trinajstić information content (AvgIpc) is 3.44. The molecule has 0 aliphatic heterocycles. The molecule has 8 nitrogen and oxygen atoms in total. The minimum absolute atomic E-state index is 0.0856. The Hall–Kier alpha value is -3.82. The number of halogens is 1. The molecular formula is C26H23ClN6O2S. The topological polar surface area (TPSA) is 106 Å². The minimum atomic E-state index is -0.358. The van der Waals surface area contributed by atoms with Crippen LogP contribution in [0.4, 0.5) is 5.82 Å². The monoisotopic (exact) mass is 518 g/mol. The van der Waals surface area contributed by atoms with Gasteiger partial charge in [-0.3, -0.25) is 4.79 Å². The smallest absolute Gasteiger partial charge is 0.289 e. The number of amides is 1. The molecule has 0 radical (unpaired) electrons. The first kappa shape index (κ1) is 23.9. The lowest BCUT2D eigenvalue weighted by atomic mass is 10.0. The van der Waals surface area contributed by atoms with E-state index in [0.717, 1.165) is 43.4 Å². The highest BCUT2D eigenvalue weighted by Gasteiger charge is 2.17. The fraction of sp³-hybridized carbons (Fsp3) is 0.192. The predicted octanol–water partition coefficient (Wildman–Crippen LogP) is 5.86. The Kier molecular flexibility index (Phi) is 6.67. The highest BCUT2D eigenvalue weighted by Crippen LogP contribution is 2.31. The zero-order valence-corrected chi connectivity index (χ0v) is 21.5. The van der Waals surface area contributed by atoms with Gasteiger partial charge in [0.05, 0.1) is 22.8 Å². The van der Waals surface area contributed by atoms with Crippen molar-refractivity contribution >= 4 is 45.6 Å². The number of carbonyl (C=O) groups excluding carboxylic acids is 1. The van der Waals surface area contributed by atoms with Gasteiger partial charge in [0.1, 0.15) is 11.6 Å². The Morgan fingerprint density at radius 3 is 2.67 bits per heavy atom. The molecule has 5 aromatic rings. The Balaban J connectivity index is 1.51. The number of thiazole rings is 1. The number of hydrogen-bond donors (Lipinski definition) is 2. The molecule has 0 saturated carbocycles. The summed E-state index contributed by atoms with van der Waals surface area (Å²) in [6.07, 6.45) is 1.76. The number of nitrogens with zero attached hydrogens (tertiary/aromatic N) is 4. The second-order valence-electron chi connectivity index (χ2n) is 8.34. The van der Waals surface area contributed by atoms with Crippen molar-refractivity contribution in [2.24, 2.45) is 0 Å². The van der Waals surface area contributed by atoms with Gasteiger partial charge in [0.2, 0.25) is 5.82 Å². The molecule has 3 heterocycles. The molecule has 0 atom stereocenters. The van der Waals surface area contributed by atoms with Crippen LogP contribution in [0.1, 0.15) is 37.5 Å². The van der Waals surface area contributed by atoms with Gasteiger partial charge < -0.3 is 15.2 Å². The Morgan fingerprint density at radius 1 is 1.08 bits per heavy atom. The van der Waals surface area contributed by atoms with Crippen LogP contribution in [0.3, 0.4) is 0 Å². The molecule has 36 heavy (non-hydrogen) atoms. The number of aromatic nitrogens is 4. The van der Waals surface area contributed by atoms with Crippen LogP contribution in [0.25, 0.3) is 22.0 Å². The summed E-state index contributed by atoms with van der Waals surface area (Å²) >= 11 is 7.70. The second-order valence-corrected chi connectivity index (χ2v) is 10.1. The van der Waals surface area contributed by atoms with Gasteiger partial charge in [-0.1, -0.05) is 35.0 Å². The quantitative estimate of drug-likeness (QED) is 0.278. The van der Waals surface area contributed by atoms with Crippen molar-refractivity contribution in [2.75, 3.05) is 5.32 Å². The van der Waals surface area contributed by atoms with E-state index in [0.29, 0.717) is 29.4 Å². The first-order chi connectivity index (χ1) is 17.4. The van der Waals surface area contributed by atoms with Crippen LogP contribution in [0.2, 0.25) is 5.02 Å². The molecule has 10 heteroatoms. The summed E-state index contributed by atoms with van der Waals surface area (Å²) in [6.45, 7) is 6.55. The molecule has 2 N–H and O–H groups in total. The molecule has 2 aromatic carbocycles. The number of rotatable bonds is 7. The van der Waals surface area contributed by atoms with Crippen LogP contribution in [-0.4, -0.2) is 26.0 Å². The highest BCUT2D eigenvalue weighted by atomic mass is 35.5. The molecule has 182 valence electrons. The number of nitrogens with one attached hydrogen (secondary N) is 2. The number of anilines is 1. The number of fused-ring (bicyclic) bond motifs is 1. The Bertz CT molecular complexity index is 1560. The van der Waals surface area contributed by atoms with E-state index in [4.69, 9.17) is 16.1 Å². The summed E-state index contributed by atoms with van der Waals surface area (Å²) in [5.41, 5.74) is 4.30. The lowest BCUT2D eigenvalue weighted by molar-refractivity contribution is 0.0941. The van der Waals surface area contributed by atoms with Crippen LogP contribution in [-0.2, 0) is 13.1 Å². The van der Waals surface area contributed by atoms with Gasteiger partial charge in [-0.15, -0.1) is 11.3 Å². The number of carbonyl (C=O) groups is 1. The largest absolute Gasteiger partial charge is 0.365 e. The normalized spacial score (nSPS) is 11.1. The van der Waals surface area contributed by atoms with Gasteiger partial charge in [-0.25, -0.2) is 15.0 Å². The van der Waals surface area contributed by atoms with E-state index >= 15 is 0 Å². The van der Waals surface area contributed by atoms with Gasteiger partial charge in [-0.2, -0.15) is 0 Å². The maximum absolute atomic E-state index is 13.0. The molecular weight excluding hydrogens is 496 g/mol. The fourth-order valence-corrected chi connectivity index (χ4v) is 4.93. The molecule has 3 aromatic heterocycles. The standard InChI is InChI=1S/C26H23ClN6O2S/c1-14-23(15(2)35-33-14)18-7-8-22-21(10-18)24(29-11-17-5-4-6-19(27)9-17)32-25(31-22)26(34)30-13-20-12-28-16(3)36-20/h4-10,12H,11,13H2,1-3H3,(H,30,34)(H,29,31,32). The molecule has 0 unspecified atom stereocenters. The van der Waals surface area contributed by atoms with E-state index in [9.17, 15) is 4.79 Å². The first-order valence-electron chi connectivity index (χ1n) is 11.3. The molecule has 0 aliphatic rings. The average molecular weight is 519 g/mol. The van der Waals surface area contributed by atoms with Crippen molar-refractivity contribution in [3.63, 3.8) is 0 Å². The number of aryl methyl sites for hydroxylation is 3. The van der Waals surface area contributed by atoms with E-state index in [1.54, 1.807) is 6.20 Å². The molecule has 0 bridgehead atoms. The lowest BCUT2D eigenvalue weighted by Crippen LogP contribution is -2.25. The predicted molar refractivity (Wildman–Crippen MR) is 141 cm³/mol. The second kappa shape index (κ2) is 10.0. The van der Waals surface area contributed by atoms with Gasteiger partial charge >= 0.3 is 0 Å². The highest BCUT2D eigenvalue weighted by molar-refractivity contribution is 7.11. The van der Waals surface area contributed by atoms with Crippen LogP contribution in [0.5, 0.6) is 0 Å². The van der Waals surface area contributed by atoms with E-state index in [-0.39, 0.29) is 11.7 Å². The van der Waals surface area contributed by atoms with E-state index < -0.39 is 0 Å². The third kappa shape index (κ3) is 5.07. The summed E-state index contributed by atoms with van der Waals surface area (Å²) < 4.78 is 5.36. The lowest BCUT2D eigenvalue weighted by Gasteiger charge is -2.12. The van der Waals surface area contributed by atoms with Crippen LogP contribution in [0, 0.1) is 20.8 Å². The molecule has 0 fully saturated rings. The van der Waals surface area contributed by atoms with Crippen molar-refractivity contribution in [1.82, 2.24) is 25.4 Å². The molecule has 0 spiro atoms. The summed E-state index contributed by atoms with van der Waals surface area (Å²) in [4.78, 5) is 27.3. The fourth-order valence-electron chi connectivity index (χ4n) is 3.98. The van der Waals surface area contributed by atoms with Gasteiger partial charge in [0, 0.05) is 33.6 Å². The van der Waals surface area contributed by atoms with Crippen LogP contribution >= 0.6 is 22.9 Å². The number of benzene rings is 2. The Morgan fingerprint density at radius 2 is 1.94 bits per heavy atom. The van der Waals surface area contributed by atoms with Crippen LogP contribution in [0.15, 0.2) is 53.2 Å². The van der Waals surface area contributed by atoms with Crippen LogP contribution < -0.4 is 10.6 Å². The SMILES string of the molecule is Cc1ncc(CNC(=O)c2nc(NCc3cccc(Cl)c3)c3cc(-c4c(C)noc4C)ccc3n2)s1. The van der Waals surface area contributed by atoms with Gasteiger partial charge in [0.25, 0.3) is 5.91 Å². The zero-order chi connectivity index (χ0) is 25.2. The molecule has 5 rings (SSSR count). The van der Waals surface area contributed by atoms with E-state index in [1.165, 1.54) is 11.3 Å². The summed E-state index contributed by atoms with van der Waals surface area (Å²) in [7, 11) is 0. The number of hydrogen-bond acceptors (Lipinski definition) is 8. The van der Waals surface area contributed by atoms with Crippen molar-refractivity contribution in [3.8, 4) is 11.1 Å². The summed E-state index contributed by atoms with van der Waals surface area (Å²) in [6, 6.07) is 13.4. The van der Waals surface area contributed by atoms with Gasteiger partial charge in [0.15, 0.2) is 0 Å². The summed E-state index contributed by atoms with van der Waals surface area (Å²) in [5, 5.41) is 12.7. The maximum atomic E-state index is 13.0. The van der Waals surface area contributed by atoms with Crippen molar-refractivity contribution < 1.29 is 9.32 Å². The minimum Gasteiger partial charge on any atom is -0.365 e. The van der Waals surface area contributed by atoms with E-state index in [1.807, 2.05) is 63.2 Å². The Labute approximate surface area is 216 Å². The zero-order valence-electron chi connectivity index (χ0n) is 19.9. The molecule has 0 saturated heterocycles.